The second-order valence-corrected chi connectivity index (χ2v) is 13.2. The highest BCUT2D eigenvalue weighted by molar-refractivity contribution is 5.95. The summed E-state index contributed by atoms with van der Waals surface area (Å²) < 4.78 is 11.2. The molecule has 1 aliphatic heterocycles. The van der Waals surface area contributed by atoms with Gasteiger partial charge in [0.05, 0.1) is 6.61 Å². The van der Waals surface area contributed by atoms with Crippen LogP contribution in [0.2, 0.25) is 0 Å². The Labute approximate surface area is 248 Å². The zero-order valence-corrected chi connectivity index (χ0v) is 26.3. The summed E-state index contributed by atoms with van der Waals surface area (Å²) in [5.41, 5.74) is 1.79. The van der Waals surface area contributed by atoms with E-state index in [0.29, 0.717) is 61.4 Å². The molecule has 2 saturated carbocycles. The Kier molecular flexibility index (Phi) is 11.9. The molecule has 2 amide bonds. The van der Waals surface area contributed by atoms with E-state index in [1.54, 1.807) is 7.11 Å². The van der Waals surface area contributed by atoms with Crippen molar-refractivity contribution in [3.63, 3.8) is 0 Å². The van der Waals surface area contributed by atoms with Gasteiger partial charge in [-0.25, -0.2) is 0 Å². The Balaban J connectivity index is 1.40. The third kappa shape index (κ3) is 8.93. The predicted molar refractivity (Wildman–Crippen MR) is 164 cm³/mol. The molecule has 2 aliphatic carbocycles. The van der Waals surface area contributed by atoms with Gasteiger partial charge in [0, 0.05) is 70.4 Å². The van der Waals surface area contributed by atoms with Crippen molar-refractivity contribution in [2.24, 2.45) is 23.7 Å². The lowest BCUT2D eigenvalue weighted by Gasteiger charge is -2.34. The van der Waals surface area contributed by atoms with E-state index >= 15 is 0 Å². The van der Waals surface area contributed by atoms with Crippen LogP contribution in [0.25, 0.3) is 0 Å². The van der Waals surface area contributed by atoms with Crippen LogP contribution in [0.15, 0.2) is 18.2 Å². The summed E-state index contributed by atoms with van der Waals surface area (Å²) >= 11 is 0. The van der Waals surface area contributed by atoms with Crippen LogP contribution in [0.4, 0.5) is 0 Å². The number of nitrogens with zero attached hydrogens (tertiary/aromatic N) is 2. The van der Waals surface area contributed by atoms with Gasteiger partial charge in [-0.2, -0.15) is 0 Å². The highest BCUT2D eigenvalue weighted by atomic mass is 16.5. The minimum atomic E-state index is 0.0525. The van der Waals surface area contributed by atoms with Crippen molar-refractivity contribution in [1.82, 2.24) is 15.1 Å². The van der Waals surface area contributed by atoms with Crippen molar-refractivity contribution in [3.05, 3.63) is 29.3 Å². The van der Waals surface area contributed by atoms with Crippen LogP contribution >= 0.6 is 0 Å². The fraction of sp³-hybridized carbons (Fsp3) is 0.765. The first-order chi connectivity index (χ1) is 19.8. The fourth-order valence-electron chi connectivity index (χ4n) is 6.65. The van der Waals surface area contributed by atoms with Gasteiger partial charge in [-0.3, -0.25) is 9.59 Å². The number of nitrogens with one attached hydrogen (secondary N) is 1. The fourth-order valence-corrected chi connectivity index (χ4v) is 6.65. The Morgan fingerprint density at radius 2 is 1.71 bits per heavy atom. The van der Waals surface area contributed by atoms with Crippen LogP contribution in [0.3, 0.4) is 0 Å². The van der Waals surface area contributed by atoms with Crippen molar-refractivity contribution in [1.29, 1.82) is 0 Å². The van der Waals surface area contributed by atoms with Crippen LogP contribution in [-0.4, -0.2) is 80.2 Å². The van der Waals surface area contributed by atoms with E-state index in [1.165, 1.54) is 25.7 Å². The number of aryl methyl sites for hydroxylation is 1. The third-order valence-corrected chi connectivity index (χ3v) is 9.58. The average Bonchev–Trinajstić information content (AvgIpc) is 3.71. The minimum Gasteiger partial charge on any atom is -0.493 e. The molecule has 3 aliphatic rings. The van der Waals surface area contributed by atoms with E-state index in [-0.39, 0.29) is 11.9 Å². The maximum absolute atomic E-state index is 13.9. The summed E-state index contributed by atoms with van der Waals surface area (Å²) in [5.74, 6) is 3.26. The predicted octanol–water partition coefficient (Wildman–Crippen LogP) is 5.56. The molecule has 3 fully saturated rings. The number of hydrogen-bond acceptors (Lipinski definition) is 5. The van der Waals surface area contributed by atoms with E-state index in [4.69, 9.17) is 9.47 Å². The van der Waals surface area contributed by atoms with E-state index in [0.717, 1.165) is 62.5 Å². The highest BCUT2D eigenvalue weighted by Gasteiger charge is 2.39. The Hall–Kier alpha value is -2.12. The van der Waals surface area contributed by atoms with Crippen LogP contribution in [0, 0.1) is 23.7 Å². The third-order valence-electron chi connectivity index (χ3n) is 9.58. The topological polar surface area (TPSA) is 71.1 Å². The SMILES string of the molecule is CCc1ccc(C(=O)N(C[C@@H]2CNC[C@H]2CN(C(=O)CC2CCC(C)CC2)C2CC2)C(C)C)cc1OCCCOC. The first-order valence-corrected chi connectivity index (χ1v) is 16.4. The zero-order chi connectivity index (χ0) is 29.4. The molecule has 0 bridgehead atoms. The number of benzene rings is 1. The van der Waals surface area contributed by atoms with Gasteiger partial charge >= 0.3 is 0 Å². The molecule has 7 heteroatoms. The van der Waals surface area contributed by atoms with Crippen molar-refractivity contribution >= 4 is 11.8 Å². The molecule has 4 rings (SSSR count). The number of ether oxygens (including phenoxy) is 2. The van der Waals surface area contributed by atoms with Crippen LogP contribution < -0.4 is 10.1 Å². The summed E-state index contributed by atoms with van der Waals surface area (Å²) in [5, 5.41) is 3.59. The minimum absolute atomic E-state index is 0.0525. The molecule has 0 aromatic heterocycles. The lowest BCUT2D eigenvalue weighted by molar-refractivity contribution is -0.134. The molecule has 2 atom stereocenters. The second-order valence-electron chi connectivity index (χ2n) is 13.2. The van der Waals surface area contributed by atoms with E-state index < -0.39 is 0 Å². The number of carbonyl (C=O) groups excluding carboxylic acids is 2. The summed E-state index contributed by atoms with van der Waals surface area (Å²) in [6, 6.07) is 6.41. The van der Waals surface area contributed by atoms with Crippen LogP contribution in [-0.2, 0) is 16.0 Å². The van der Waals surface area contributed by atoms with Crippen LogP contribution in [0.1, 0.15) is 95.0 Å². The van der Waals surface area contributed by atoms with Crippen molar-refractivity contribution in [2.45, 2.75) is 97.6 Å². The van der Waals surface area contributed by atoms with Gasteiger partial charge in [-0.1, -0.05) is 32.8 Å². The largest absolute Gasteiger partial charge is 0.493 e. The molecule has 1 heterocycles. The molecular weight excluding hydrogens is 514 g/mol. The molecule has 1 N–H and O–H groups in total. The summed E-state index contributed by atoms with van der Waals surface area (Å²) in [6.45, 7) is 13.2. The van der Waals surface area contributed by atoms with Crippen LogP contribution in [0.5, 0.6) is 5.75 Å². The molecule has 1 aromatic rings. The highest BCUT2D eigenvalue weighted by Crippen LogP contribution is 2.35. The lowest BCUT2D eigenvalue weighted by Crippen LogP contribution is -2.45. The Bertz CT molecular complexity index is 986. The normalized spacial score (nSPS) is 24.4. The number of methoxy groups -OCH3 is 1. The second kappa shape index (κ2) is 15.4. The Morgan fingerprint density at radius 3 is 2.34 bits per heavy atom. The maximum Gasteiger partial charge on any atom is 0.254 e. The molecule has 0 spiro atoms. The average molecular weight is 570 g/mol. The maximum atomic E-state index is 13.9. The molecule has 7 nitrogen and oxygen atoms in total. The first kappa shape index (κ1) is 31.8. The lowest BCUT2D eigenvalue weighted by atomic mass is 9.81. The van der Waals surface area contributed by atoms with E-state index in [9.17, 15) is 9.59 Å². The first-order valence-electron chi connectivity index (χ1n) is 16.4. The van der Waals surface area contributed by atoms with Crippen molar-refractivity contribution in [2.75, 3.05) is 46.5 Å². The van der Waals surface area contributed by atoms with E-state index in [2.05, 4.69) is 37.9 Å². The number of rotatable bonds is 15. The molecule has 0 unspecified atom stereocenters. The van der Waals surface area contributed by atoms with Gasteiger partial charge in [0.25, 0.3) is 5.91 Å². The standard InChI is InChI=1S/C34H55N3O4/c1-6-27-12-13-28(19-32(27)41-17-7-16-40-5)34(39)36(24(2)3)22-29-20-35-21-30(29)23-37(31-14-15-31)33(38)18-26-10-8-25(4)9-11-26/h12-13,19,24-26,29-31,35H,6-11,14-18,20-23H2,1-5H3/t25?,26?,29-,30-/m0/s1. The summed E-state index contributed by atoms with van der Waals surface area (Å²) in [4.78, 5) is 31.6. The summed E-state index contributed by atoms with van der Waals surface area (Å²) in [7, 11) is 1.70. The van der Waals surface area contributed by atoms with Gasteiger partial charge in [-0.15, -0.1) is 0 Å². The molecule has 1 saturated heterocycles. The molecule has 0 radical (unpaired) electrons. The van der Waals surface area contributed by atoms with E-state index in [1.807, 2.05) is 23.1 Å². The van der Waals surface area contributed by atoms with Gasteiger partial charge in [0.2, 0.25) is 5.91 Å². The van der Waals surface area contributed by atoms with Gasteiger partial charge in [0.1, 0.15) is 5.75 Å². The number of amides is 2. The van der Waals surface area contributed by atoms with Crippen molar-refractivity contribution in [3.8, 4) is 5.75 Å². The zero-order valence-electron chi connectivity index (χ0n) is 26.3. The Morgan fingerprint density at radius 1 is 1.00 bits per heavy atom. The van der Waals surface area contributed by atoms with Gasteiger partial charge in [-0.05, 0) is 87.3 Å². The number of hydrogen-bond donors (Lipinski definition) is 1. The smallest absolute Gasteiger partial charge is 0.254 e. The monoisotopic (exact) mass is 569 g/mol. The van der Waals surface area contributed by atoms with Crippen molar-refractivity contribution < 1.29 is 19.1 Å². The molecule has 230 valence electrons. The molecular formula is C34H55N3O4. The molecule has 1 aromatic carbocycles. The van der Waals surface area contributed by atoms with Gasteiger partial charge < -0.3 is 24.6 Å². The molecule has 41 heavy (non-hydrogen) atoms. The quantitative estimate of drug-likeness (QED) is 0.280. The van der Waals surface area contributed by atoms with Gasteiger partial charge in [0.15, 0.2) is 0 Å². The summed E-state index contributed by atoms with van der Waals surface area (Å²) in [6.07, 6.45) is 9.58. The number of carbonyl (C=O) groups is 2.